The second-order valence-electron chi connectivity index (χ2n) is 3.97. The maximum atomic E-state index is 13.9. The minimum atomic E-state index is -0.521. The number of hydrogen-bond acceptors (Lipinski definition) is 4. The minimum absolute atomic E-state index is 0.231. The van der Waals surface area contributed by atoms with Crippen molar-refractivity contribution in [1.29, 1.82) is 0 Å². The Kier molecular flexibility index (Phi) is 4.30. The molecule has 1 aromatic carbocycles. The zero-order valence-electron chi connectivity index (χ0n) is 11.2. The predicted octanol–water partition coefficient (Wildman–Crippen LogP) is 2.96. The maximum absolute atomic E-state index is 13.9. The lowest BCUT2D eigenvalue weighted by Gasteiger charge is -2.05. The first-order chi connectivity index (χ1) is 9.65. The van der Waals surface area contributed by atoms with Crippen LogP contribution in [0.1, 0.15) is 12.5 Å². The third kappa shape index (κ3) is 2.93. The fraction of sp³-hybridized carbons (Fsp3) is 0.200. The van der Waals surface area contributed by atoms with Gasteiger partial charge >= 0.3 is 5.97 Å². The molecule has 0 saturated carbocycles. The van der Waals surface area contributed by atoms with Gasteiger partial charge < -0.3 is 9.47 Å². The van der Waals surface area contributed by atoms with E-state index >= 15 is 0 Å². The molecule has 2 aromatic rings. The first-order valence-corrected chi connectivity index (χ1v) is 6.13. The molecule has 0 unspecified atom stereocenters. The Bertz CT molecular complexity index is 667. The molecule has 0 aliphatic carbocycles. The van der Waals surface area contributed by atoms with Crippen LogP contribution < -0.4 is 4.74 Å². The molecule has 4 nitrogen and oxygen atoms in total. The van der Waals surface area contributed by atoms with E-state index in [-0.39, 0.29) is 12.2 Å². The molecule has 104 valence electrons. The summed E-state index contributed by atoms with van der Waals surface area (Å²) in [6.45, 7) is 1.98. The summed E-state index contributed by atoms with van der Waals surface area (Å²) in [5.74, 6) is -0.598. The Labute approximate surface area is 115 Å². The van der Waals surface area contributed by atoms with Gasteiger partial charge in [-0.25, -0.2) is 14.2 Å². The molecule has 1 heterocycles. The first-order valence-electron chi connectivity index (χ1n) is 6.13. The lowest BCUT2D eigenvalue weighted by atomic mass is 10.1. The van der Waals surface area contributed by atoms with Crippen molar-refractivity contribution in [2.45, 2.75) is 6.92 Å². The van der Waals surface area contributed by atoms with Gasteiger partial charge in [-0.2, -0.15) is 0 Å². The van der Waals surface area contributed by atoms with Gasteiger partial charge in [0.2, 0.25) is 5.88 Å². The molecule has 0 fully saturated rings. The highest BCUT2D eigenvalue weighted by atomic mass is 19.1. The summed E-state index contributed by atoms with van der Waals surface area (Å²) in [6.07, 6.45) is 2.55. The summed E-state index contributed by atoms with van der Waals surface area (Å²) in [4.78, 5) is 15.5. The normalized spacial score (nSPS) is 10.9. The molecule has 0 saturated heterocycles. The number of carbonyl (C=O) groups excluding carboxylic acids is 1. The topological polar surface area (TPSA) is 48.4 Å². The van der Waals surface area contributed by atoms with Crippen LogP contribution in [0.5, 0.6) is 5.88 Å². The number of fused-ring (bicyclic) bond motifs is 1. The molecule has 0 radical (unpaired) electrons. The number of ether oxygens (including phenoxy) is 2. The molecule has 20 heavy (non-hydrogen) atoms. The second-order valence-corrected chi connectivity index (χ2v) is 3.97. The van der Waals surface area contributed by atoms with E-state index in [4.69, 9.17) is 9.47 Å². The Morgan fingerprint density at radius 1 is 1.35 bits per heavy atom. The van der Waals surface area contributed by atoms with Crippen LogP contribution in [0.25, 0.3) is 17.0 Å². The SMILES string of the molecule is CCOC(=O)C=Cc1c(F)ccc2ccc(OC)nc12. The standard InChI is InChI=1S/C15H14FNO3/c1-3-20-14(18)9-6-11-12(16)7-4-10-5-8-13(19-2)17-15(10)11/h4-9H,3H2,1-2H3. The highest BCUT2D eigenvalue weighted by Crippen LogP contribution is 2.23. The van der Waals surface area contributed by atoms with Gasteiger partial charge in [-0.15, -0.1) is 0 Å². The molecule has 0 aliphatic heterocycles. The van der Waals surface area contributed by atoms with Gasteiger partial charge in [0.05, 0.1) is 19.2 Å². The number of aromatic nitrogens is 1. The Morgan fingerprint density at radius 3 is 2.80 bits per heavy atom. The Hall–Kier alpha value is -2.43. The van der Waals surface area contributed by atoms with Gasteiger partial charge in [0, 0.05) is 23.1 Å². The lowest BCUT2D eigenvalue weighted by molar-refractivity contribution is -0.137. The van der Waals surface area contributed by atoms with Gasteiger partial charge in [0.25, 0.3) is 0 Å². The van der Waals surface area contributed by atoms with Crippen molar-refractivity contribution in [2.24, 2.45) is 0 Å². The van der Waals surface area contributed by atoms with Crippen molar-refractivity contribution in [3.63, 3.8) is 0 Å². The summed E-state index contributed by atoms with van der Waals surface area (Å²) >= 11 is 0. The van der Waals surface area contributed by atoms with Crippen LogP contribution in [0.2, 0.25) is 0 Å². The summed E-state index contributed by atoms with van der Waals surface area (Å²) in [5.41, 5.74) is 0.666. The van der Waals surface area contributed by atoms with E-state index in [0.29, 0.717) is 11.4 Å². The fourth-order valence-corrected chi connectivity index (χ4v) is 1.78. The molecule has 2 rings (SSSR count). The van der Waals surface area contributed by atoms with E-state index in [2.05, 4.69) is 4.98 Å². The highest BCUT2D eigenvalue weighted by molar-refractivity contribution is 5.93. The lowest BCUT2D eigenvalue weighted by Crippen LogP contribution is -1.99. The van der Waals surface area contributed by atoms with Crippen molar-refractivity contribution in [3.8, 4) is 5.88 Å². The number of rotatable bonds is 4. The molecular weight excluding hydrogens is 261 g/mol. The second kappa shape index (κ2) is 6.14. The van der Waals surface area contributed by atoms with Gasteiger partial charge in [-0.1, -0.05) is 0 Å². The zero-order valence-corrected chi connectivity index (χ0v) is 11.2. The predicted molar refractivity (Wildman–Crippen MR) is 73.9 cm³/mol. The highest BCUT2D eigenvalue weighted by Gasteiger charge is 2.08. The third-order valence-electron chi connectivity index (χ3n) is 2.70. The van der Waals surface area contributed by atoms with Crippen molar-refractivity contribution in [1.82, 2.24) is 4.98 Å². The smallest absolute Gasteiger partial charge is 0.330 e. The number of carbonyl (C=O) groups is 1. The summed E-state index contributed by atoms with van der Waals surface area (Å²) in [7, 11) is 1.49. The number of hydrogen-bond donors (Lipinski definition) is 0. The Morgan fingerprint density at radius 2 is 2.10 bits per heavy atom. The minimum Gasteiger partial charge on any atom is -0.481 e. The average molecular weight is 275 g/mol. The molecule has 1 aromatic heterocycles. The molecule has 0 atom stereocenters. The number of methoxy groups -OCH3 is 1. The van der Waals surface area contributed by atoms with Gasteiger partial charge in [0.15, 0.2) is 0 Å². The van der Waals surface area contributed by atoms with Crippen molar-refractivity contribution < 1.29 is 18.7 Å². The molecule has 5 heteroatoms. The summed E-state index contributed by atoms with van der Waals surface area (Å²) in [5, 5.41) is 0.760. The quantitative estimate of drug-likeness (QED) is 0.636. The van der Waals surface area contributed by atoms with Crippen LogP contribution >= 0.6 is 0 Å². The number of nitrogens with zero attached hydrogens (tertiary/aromatic N) is 1. The van der Waals surface area contributed by atoms with Gasteiger partial charge in [-0.3, -0.25) is 0 Å². The number of esters is 1. The third-order valence-corrected chi connectivity index (χ3v) is 2.70. The van der Waals surface area contributed by atoms with Crippen LogP contribution in [-0.2, 0) is 9.53 Å². The maximum Gasteiger partial charge on any atom is 0.330 e. The van der Waals surface area contributed by atoms with Crippen molar-refractivity contribution in [2.75, 3.05) is 13.7 Å². The molecule has 0 spiro atoms. The summed E-state index contributed by atoms with van der Waals surface area (Å²) < 4.78 is 23.7. The van der Waals surface area contributed by atoms with E-state index in [1.165, 1.54) is 25.3 Å². The van der Waals surface area contributed by atoms with E-state index in [1.807, 2.05) is 0 Å². The number of pyridine rings is 1. The van der Waals surface area contributed by atoms with E-state index in [0.717, 1.165) is 5.39 Å². The van der Waals surface area contributed by atoms with E-state index in [9.17, 15) is 9.18 Å². The number of halogens is 1. The average Bonchev–Trinajstić information content (AvgIpc) is 2.46. The van der Waals surface area contributed by atoms with Gasteiger partial charge in [-0.05, 0) is 31.2 Å². The number of benzene rings is 1. The van der Waals surface area contributed by atoms with Crippen LogP contribution in [0.15, 0.2) is 30.3 Å². The zero-order chi connectivity index (χ0) is 14.5. The molecule has 0 aliphatic rings. The van der Waals surface area contributed by atoms with Crippen LogP contribution in [-0.4, -0.2) is 24.7 Å². The fourth-order valence-electron chi connectivity index (χ4n) is 1.78. The van der Waals surface area contributed by atoms with Crippen LogP contribution in [0.3, 0.4) is 0 Å². The van der Waals surface area contributed by atoms with Crippen molar-refractivity contribution >= 4 is 22.9 Å². The van der Waals surface area contributed by atoms with Crippen LogP contribution in [0.4, 0.5) is 4.39 Å². The first kappa shape index (κ1) is 14.0. The molecular formula is C15H14FNO3. The molecule has 0 N–H and O–H groups in total. The monoisotopic (exact) mass is 275 g/mol. The van der Waals surface area contributed by atoms with E-state index in [1.54, 1.807) is 25.1 Å². The van der Waals surface area contributed by atoms with Crippen molar-refractivity contribution in [3.05, 3.63) is 41.7 Å². The van der Waals surface area contributed by atoms with E-state index < -0.39 is 11.8 Å². The Balaban J connectivity index is 2.49. The summed E-state index contributed by atoms with van der Waals surface area (Å²) in [6, 6.07) is 6.43. The largest absolute Gasteiger partial charge is 0.481 e. The molecule has 0 amide bonds. The van der Waals surface area contributed by atoms with Crippen LogP contribution in [0, 0.1) is 5.82 Å². The molecule has 0 bridgehead atoms. The van der Waals surface area contributed by atoms with Gasteiger partial charge in [0.1, 0.15) is 5.82 Å².